The first-order chi connectivity index (χ1) is 9.76. The quantitative estimate of drug-likeness (QED) is 0.812. The van der Waals surface area contributed by atoms with E-state index in [2.05, 4.69) is 5.32 Å². The molecule has 0 aromatic carbocycles. The van der Waals surface area contributed by atoms with E-state index in [0.717, 1.165) is 18.3 Å². The Morgan fingerprint density at radius 3 is 2.50 bits per heavy atom. The Balaban J connectivity index is 1.47. The fourth-order valence-electron chi connectivity index (χ4n) is 5.04. The lowest BCUT2D eigenvalue weighted by molar-refractivity contribution is -0.123. The van der Waals surface area contributed by atoms with Crippen LogP contribution in [0.25, 0.3) is 0 Å². The smallest absolute Gasteiger partial charge is 0.220 e. The number of rotatable bonds is 5. The van der Waals surface area contributed by atoms with Gasteiger partial charge in [0.05, 0.1) is 0 Å². The lowest BCUT2D eigenvalue weighted by atomic mass is 9.83. The third-order valence-corrected chi connectivity index (χ3v) is 6.15. The van der Waals surface area contributed by atoms with Crippen LogP contribution in [0.3, 0.4) is 0 Å². The average molecular weight is 278 g/mol. The minimum atomic E-state index is 0.224. The second kappa shape index (κ2) is 6.46. The van der Waals surface area contributed by atoms with E-state index in [1.54, 1.807) is 0 Å². The van der Waals surface area contributed by atoms with Gasteiger partial charge in [0.15, 0.2) is 0 Å². The normalized spacial score (nSPS) is 35.1. The van der Waals surface area contributed by atoms with Gasteiger partial charge in [0.25, 0.3) is 0 Å². The Labute approximate surface area is 123 Å². The molecule has 3 rings (SSSR count). The Hall–Kier alpha value is -0.570. The van der Waals surface area contributed by atoms with E-state index in [-0.39, 0.29) is 11.9 Å². The van der Waals surface area contributed by atoms with Crippen LogP contribution in [-0.4, -0.2) is 18.5 Å². The highest BCUT2D eigenvalue weighted by Crippen LogP contribution is 2.49. The molecule has 3 aliphatic carbocycles. The summed E-state index contributed by atoms with van der Waals surface area (Å²) in [6.07, 6.45) is 12.7. The first-order valence-electron chi connectivity index (χ1n) is 8.75. The van der Waals surface area contributed by atoms with Gasteiger partial charge in [0.1, 0.15) is 0 Å². The van der Waals surface area contributed by atoms with Gasteiger partial charge in [-0.15, -0.1) is 0 Å². The molecule has 0 aliphatic heterocycles. The number of hydrogen-bond donors (Lipinski definition) is 2. The zero-order valence-electron chi connectivity index (χ0n) is 12.7. The van der Waals surface area contributed by atoms with E-state index in [1.165, 1.54) is 57.8 Å². The Morgan fingerprint density at radius 1 is 1.10 bits per heavy atom. The van der Waals surface area contributed by atoms with Crippen molar-refractivity contribution in [2.45, 2.75) is 70.3 Å². The van der Waals surface area contributed by atoms with E-state index in [1.807, 2.05) is 0 Å². The molecule has 20 heavy (non-hydrogen) atoms. The van der Waals surface area contributed by atoms with Crippen LogP contribution in [0, 0.1) is 23.7 Å². The third-order valence-electron chi connectivity index (χ3n) is 6.15. The summed E-state index contributed by atoms with van der Waals surface area (Å²) in [5.41, 5.74) is 5.91. The molecule has 1 amide bonds. The van der Waals surface area contributed by atoms with Crippen molar-refractivity contribution in [1.82, 2.24) is 5.32 Å². The molecule has 114 valence electrons. The minimum Gasteiger partial charge on any atom is -0.352 e. The molecule has 4 atom stereocenters. The third kappa shape index (κ3) is 3.19. The van der Waals surface area contributed by atoms with Gasteiger partial charge in [-0.05, 0) is 55.8 Å². The van der Waals surface area contributed by atoms with Crippen LogP contribution in [0.5, 0.6) is 0 Å². The van der Waals surface area contributed by atoms with Gasteiger partial charge in [-0.1, -0.05) is 25.7 Å². The summed E-state index contributed by atoms with van der Waals surface area (Å²) in [6.45, 7) is 0.604. The van der Waals surface area contributed by atoms with Gasteiger partial charge >= 0.3 is 0 Å². The molecule has 0 spiro atoms. The van der Waals surface area contributed by atoms with E-state index in [4.69, 9.17) is 5.73 Å². The number of hydrogen-bond acceptors (Lipinski definition) is 2. The highest BCUT2D eigenvalue weighted by atomic mass is 16.1. The molecule has 0 aromatic heterocycles. The van der Waals surface area contributed by atoms with E-state index in [9.17, 15) is 4.79 Å². The van der Waals surface area contributed by atoms with E-state index < -0.39 is 0 Å². The van der Waals surface area contributed by atoms with Crippen molar-refractivity contribution in [3.05, 3.63) is 0 Å². The molecular weight excluding hydrogens is 248 g/mol. The number of amides is 1. The van der Waals surface area contributed by atoms with Crippen molar-refractivity contribution in [1.29, 1.82) is 0 Å². The number of carbonyl (C=O) groups is 1. The predicted octanol–water partition coefficient (Wildman–Crippen LogP) is 2.84. The summed E-state index contributed by atoms with van der Waals surface area (Å²) < 4.78 is 0. The maximum absolute atomic E-state index is 12.3. The van der Waals surface area contributed by atoms with Gasteiger partial charge in [0, 0.05) is 19.0 Å². The zero-order chi connectivity index (χ0) is 13.9. The Morgan fingerprint density at radius 2 is 1.90 bits per heavy atom. The molecule has 4 unspecified atom stereocenters. The van der Waals surface area contributed by atoms with Gasteiger partial charge < -0.3 is 11.1 Å². The molecule has 3 N–H and O–H groups in total. The molecule has 0 saturated heterocycles. The first kappa shape index (κ1) is 14.4. The summed E-state index contributed by atoms with van der Waals surface area (Å²) in [5, 5.41) is 3.26. The topological polar surface area (TPSA) is 55.1 Å². The number of fused-ring (bicyclic) bond motifs is 2. The molecule has 0 radical (unpaired) electrons. The summed E-state index contributed by atoms with van der Waals surface area (Å²) >= 11 is 0. The second-order valence-electron chi connectivity index (χ2n) is 7.45. The maximum atomic E-state index is 12.3. The summed E-state index contributed by atoms with van der Waals surface area (Å²) in [5.74, 6) is 3.33. The number of nitrogens with one attached hydrogen (secondary N) is 1. The van der Waals surface area contributed by atoms with Gasteiger partial charge in [-0.3, -0.25) is 4.79 Å². The monoisotopic (exact) mass is 278 g/mol. The SMILES string of the molecule is NCC(NC(=O)CC1CC2CCC1C2)C1CCCCC1. The molecule has 3 fully saturated rings. The van der Waals surface area contributed by atoms with Crippen LogP contribution in [0.4, 0.5) is 0 Å². The number of carbonyl (C=O) groups excluding carboxylic acids is 1. The molecule has 3 saturated carbocycles. The Kier molecular flexibility index (Phi) is 4.65. The van der Waals surface area contributed by atoms with Crippen LogP contribution in [0.15, 0.2) is 0 Å². The van der Waals surface area contributed by atoms with Gasteiger partial charge in [-0.25, -0.2) is 0 Å². The average Bonchev–Trinajstić information content (AvgIpc) is 3.08. The molecule has 3 heteroatoms. The van der Waals surface area contributed by atoms with Crippen molar-refractivity contribution >= 4 is 5.91 Å². The molecule has 2 bridgehead atoms. The van der Waals surface area contributed by atoms with Crippen LogP contribution < -0.4 is 11.1 Å². The largest absolute Gasteiger partial charge is 0.352 e. The summed E-state index contributed by atoms with van der Waals surface area (Å²) in [6, 6.07) is 0.224. The van der Waals surface area contributed by atoms with Crippen LogP contribution >= 0.6 is 0 Å². The van der Waals surface area contributed by atoms with Crippen molar-refractivity contribution in [3.63, 3.8) is 0 Å². The fourth-order valence-corrected chi connectivity index (χ4v) is 5.04. The van der Waals surface area contributed by atoms with Crippen LogP contribution in [0.1, 0.15) is 64.2 Å². The highest BCUT2D eigenvalue weighted by Gasteiger charge is 2.40. The maximum Gasteiger partial charge on any atom is 0.220 e. The van der Waals surface area contributed by atoms with Crippen LogP contribution in [-0.2, 0) is 4.79 Å². The van der Waals surface area contributed by atoms with E-state index in [0.29, 0.717) is 18.4 Å². The highest BCUT2D eigenvalue weighted by molar-refractivity contribution is 5.76. The van der Waals surface area contributed by atoms with Gasteiger partial charge in [0.2, 0.25) is 5.91 Å². The fraction of sp³-hybridized carbons (Fsp3) is 0.941. The molecule has 0 heterocycles. The Bertz CT molecular complexity index is 338. The van der Waals surface area contributed by atoms with Crippen molar-refractivity contribution in [2.75, 3.05) is 6.54 Å². The lowest BCUT2D eigenvalue weighted by Crippen LogP contribution is -2.46. The first-order valence-corrected chi connectivity index (χ1v) is 8.75. The minimum absolute atomic E-state index is 0.224. The van der Waals surface area contributed by atoms with Gasteiger partial charge in [-0.2, -0.15) is 0 Å². The van der Waals surface area contributed by atoms with Crippen molar-refractivity contribution in [2.24, 2.45) is 29.4 Å². The predicted molar refractivity (Wildman–Crippen MR) is 81.1 cm³/mol. The lowest BCUT2D eigenvalue weighted by Gasteiger charge is -2.31. The summed E-state index contributed by atoms with van der Waals surface area (Å²) in [7, 11) is 0. The molecule has 3 aliphatic rings. The summed E-state index contributed by atoms with van der Waals surface area (Å²) in [4.78, 5) is 12.3. The standard InChI is InChI=1S/C17H30N2O/c18-11-16(13-4-2-1-3-5-13)19-17(20)10-15-9-12-6-7-14(15)8-12/h12-16H,1-11,18H2,(H,19,20). The number of nitrogens with two attached hydrogens (primary N) is 1. The van der Waals surface area contributed by atoms with Crippen LogP contribution in [0.2, 0.25) is 0 Å². The molecular formula is C17H30N2O. The zero-order valence-corrected chi connectivity index (χ0v) is 12.7. The van der Waals surface area contributed by atoms with Crippen molar-refractivity contribution in [3.8, 4) is 0 Å². The second-order valence-corrected chi connectivity index (χ2v) is 7.45. The van der Waals surface area contributed by atoms with Crippen molar-refractivity contribution < 1.29 is 4.79 Å². The van der Waals surface area contributed by atoms with E-state index >= 15 is 0 Å². The molecule has 0 aromatic rings. The molecule has 3 nitrogen and oxygen atoms in total.